The Bertz CT molecular complexity index is 600. The normalized spacial score (nSPS) is 10.1. The Kier molecular flexibility index (Phi) is 3.28. The molecule has 4 heteroatoms. The van der Waals surface area contributed by atoms with Crippen molar-refractivity contribution in [1.29, 1.82) is 0 Å². The third kappa shape index (κ3) is 2.48. The van der Waals surface area contributed by atoms with E-state index >= 15 is 0 Å². The number of aromatic amines is 1. The quantitative estimate of drug-likeness (QED) is 0.813. The lowest BCUT2D eigenvalue weighted by atomic mass is 10.1. The van der Waals surface area contributed by atoms with E-state index < -0.39 is 0 Å². The Hall–Kier alpha value is -2.36. The average molecular weight is 242 g/mol. The minimum atomic E-state index is -0.258. The minimum Gasteiger partial charge on any atom is -0.356 e. The molecule has 18 heavy (non-hydrogen) atoms. The van der Waals surface area contributed by atoms with Crippen molar-refractivity contribution in [2.45, 2.75) is 13.8 Å². The highest BCUT2D eigenvalue weighted by Gasteiger charge is 2.08. The summed E-state index contributed by atoms with van der Waals surface area (Å²) in [4.78, 5) is 25.2. The van der Waals surface area contributed by atoms with Crippen LogP contribution in [0.4, 0.5) is 5.69 Å². The number of benzene rings is 1. The van der Waals surface area contributed by atoms with Gasteiger partial charge in [0.05, 0.1) is 0 Å². The molecule has 1 aromatic carbocycles. The number of aromatic nitrogens is 1. The maximum Gasteiger partial charge on any atom is 0.272 e. The van der Waals surface area contributed by atoms with Crippen molar-refractivity contribution >= 4 is 17.9 Å². The summed E-state index contributed by atoms with van der Waals surface area (Å²) in [5.41, 5.74) is 3.87. The molecule has 0 saturated carbocycles. The number of aldehydes is 1. The van der Waals surface area contributed by atoms with Gasteiger partial charge in [0.15, 0.2) is 6.29 Å². The molecule has 1 heterocycles. The van der Waals surface area contributed by atoms with E-state index in [2.05, 4.69) is 10.3 Å². The van der Waals surface area contributed by atoms with Crippen LogP contribution in [0.3, 0.4) is 0 Å². The number of hydrogen-bond donors (Lipinski definition) is 2. The zero-order chi connectivity index (χ0) is 13.1. The highest BCUT2D eigenvalue weighted by molar-refractivity contribution is 6.03. The topological polar surface area (TPSA) is 62.0 Å². The van der Waals surface area contributed by atoms with Crippen LogP contribution in [-0.4, -0.2) is 17.2 Å². The monoisotopic (exact) mass is 242 g/mol. The van der Waals surface area contributed by atoms with Gasteiger partial charge in [-0.1, -0.05) is 6.07 Å². The van der Waals surface area contributed by atoms with Crippen molar-refractivity contribution in [3.05, 3.63) is 52.8 Å². The summed E-state index contributed by atoms with van der Waals surface area (Å²) in [5.74, 6) is -0.258. The molecular formula is C14H14N2O2. The first kappa shape index (κ1) is 12.1. The maximum atomic E-state index is 11.9. The van der Waals surface area contributed by atoms with Crippen LogP contribution in [-0.2, 0) is 0 Å². The molecule has 0 fully saturated rings. The highest BCUT2D eigenvalue weighted by Crippen LogP contribution is 2.15. The third-order valence-electron chi connectivity index (χ3n) is 2.85. The van der Waals surface area contributed by atoms with E-state index in [-0.39, 0.29) is 5.91 Å². The van der Waals surface area contributed by atoms with Gasteiger partial charge >= 0.3 is 0 Å². The molecular weight excluding hydrogens is 228 g/mol. The number of hydrogen-bond acceptors (Lipinski definition) is 2. The molecule has 0 atom stereocenters. The van der Waals surface area contributed by atoms with Gasteiger partial charge in [-0.2, -0.15) is 0 Å². The molecule has 2 N–H and O–H groups in total. The summed E-state index contributed by atoms with van der Waals surface area (Å²) < 4.78 is 0. The molecule has 2 aromatic rings. The first-order valence-corrected chi connectivity index (χ1v) is 5.62. The van der Waals surface area contributed by atoms with E-state index in [1.54, 1.807) is 0 Å². The fourth-order valence-electron chi connectivity index (χ4n) is 1.63. The largest absolute Gasteiger partial charge is 0.356 e. The van der Waals surface area contributed by atoms with Crippen LogP contribution in [0, 0.1) is 13.8 Å². The summed E-state index contributed by atoms with van der Waals surface area (Å²) in [6.07, 6.45) is 2.20. The summed E-state index contributed by atoms with van der Waals surface area (Å²) in [5, 5.41) is 2.78. The third-order valence-corrected chi connectivity index (χ3v) is 2.85. The molecule has 2 rings (SSSR count). The summed E-state index contributed by atoms with van der Waals surface area (Å²) in [6.45, 7) is 4.01. The molecule has 0 spiro atoms. The van der Waals surface area contributed by atoms with Crippen LogP contribution in [0.5, 0.6) is 0 Å². The molecule has 0 aliphatic heterocycles. The molecule has 1 aromatic heterocycles. The molecule has 0 aliphatic rings. The standard InChI is InChI=1S/C14H14N2O2/c1-9-3-4-12(5-10(9)2)16-14(18)13-6-11(8-17)7-15-13/h3-8,15H,1-2H3,(H,16,18). The first-order valence-electron chi connectivity index (χ1n) is 5.62. The minimum absolute atomic E-state index is 0.258. The molecule has 0 bridgehead atoms. The predicted molar refractivity (Wildman–Crippen MR) is 70.0 cm³/mol. The van der Waals surface area contributed by atoms with Gasteiger partial charge in [0, 0.05) is 17.4 Å². The van der Waals surface area contributed by atoms with Crippen molar-refractivity contribution < 1.29 is 9.59 Å². The van der Waals surface area contributed by atoms with Crippen LogP contribution in [0.15, 0.2) is 30.5 Å². The number of anilines is 1. The predicted octanol–water partition coefficient (Wildman–Crippen LogP) is 2.70. The summed E-state index contributed by atoms with van der Waals surface area (Å²) in [6, 6.07) is 7.24. The van der Waals surface area contributed by atoms with Gasteiger partial charge in [0.2, 0.25) is 0 Å². The van der Waals surface area contributed by atoms with Crippen LogP contribution in [0.25, 0.3) is 0 Å². The fraction of sp³-hybridized carbons (Fsp3) is 0.143. The highest BCUT2D eigenvalue weighted by atomic mass is 16.1. The Morgan fingerprint density at radius 1 is 1.22 bits per heavy atom. The lowest BCUT2D eigenvalue weighted by Crippen LogP contribution is -2.12. The van der Waals surface area contributed by atoms with Crippen molar-refractivity contribution in [3.8, 4) is 0 Å². The molecule has 1 amide bonds. The van der Waals surface area contributed by atoms with Gasteiger partial charge in [-0.25, -0.2) is 0 Å². The number of carbonyl (C=O) groups excluding carboxylic acids is 2. The molecule has 0 unspecified atom stereocenters. The van der Waals surface area contributed by atoms with Gasteiger partial charge in [-0.05, 0) is 43.2 Å². The van der Waals surface area contributed by atoms with Gasteiger partial charge in [-0.3, -0.25) is 9.59 Å². The van der Waals surface area contributed by atoms with E-state index in [1.807, 2.05) is 32.0 Å². The van der Waals surface area contributed by atoms with Crippen molar-refractivity contribution in [3.63, 3.8) is 0 Å². The Morgan fingerprint density at radius 2 is 2.00 bits per heavy atom. The number of aryl methyl sites for hydroxylation is 2. The van der Waals surface area contributed by atoms with Crippen LogP contribution in [0.1, 0.15) is 32.0 Å². The van der Waals surface area contributed by atoms with Gasteiger partial charge in [-0.15, -0.1) is 0 Å². The second kappa shape index (κ2) is 4.87. The number of H-pyrrole nitrogens is 1. The van der Waals surface area contributed by atoms with E-state index in [0.29, 0.717) is 17.5 Å². The van der Waals surface area contributed by atoms with Crippen molar-refractivity contribution in [2.24, 2.45) is 0 Å². The second-order valence-corrected chi connectivity index (χ2v) is 4.22. The van der Waals surface area contributed by atoms with E-state index in [1.165, 1.54) is 17.8 Å². The molecule has 0 radical (unpaired) electrons. The number of rotatable bonds is 3. The zero-order valence-corrected chi connectivity index (χ0v) is 10.3. The van der Waals surface area contributed by atoms with Crippen LogP contribution < -0.4 is 5.32 Å². The van der Waals surface area contributed by atoms with Gasteiger partial charge in [0.25, 0.3) is 5.91 Å². The summed E-state index contributed by atoms with van der Waals surface area (Å²) in [7, 11) is 0. The van der Waals surface area contributed by atoms with Crippen LogP contribution >= 0.6 is 0 Å². The maximum absolute atomic E-state index is 11.9. The average Bonchev–Trinajstić information content (AvgIpc) is 2.82. The number of carbonyl (C=O) groups is 2. The molecule has 0 saturated heterocycles. The van der Waals surface area contributed by atoms with E-state index in [0.717, 1.165) is 11.3 Å². The fourth-order valence-corrected chi connectivity index (χ4v) is 1.63. The molecule has 92 valence electrons. The smallest absolute Gasteiger partial charge is 0.272 e. The SMILES string of the molecule is Cc1ccc(NC(=O)c2cc(C=O)c[nH]2)cc1C. The lowest BCUT2D eigenvalue weighted by molar-refractivity contribution is 0.102. The lowest BCUT2D eigenvalue weighted by Gasteiger charge is -2.06. The van der Waals surface area contributed by atoms with Crippen molar-refractivity contribution in [1.82, 2.24) is 4.98 Å². The van der Waals surface area contributed by atoms with Gasteiger partial charge < -0.3 is 10.3 Å². The Morgan fingerprint density at radius 3 is 2.61 bits per heavy atom. The first-order chi connectivity index (χ1) is 8.60. The zero-order valence-electron chi connectivity index (χ0n) is 10.3. The Balaban J connectivity index is 2.15. The number of nitrogens with one attached hydrogen (secondary N) is 2. The van der Waals surface area contributed by atoms with Gasteiger partial charge in [0.1, 0.15) is 5.69 Å². The van der Waals surface area contributed by atoms with Crippen molar-refractivity contribution in [2.75, 3.05) is 5.32 Å². The summed E-state index contributed by atoms with van der Waals surface area (Å²) >= 11 is 0. The van der Waals surface area contributed by atoms with E-state index in [4.69, 9.17) is 0 Å². The molecule has 0 aliphatic carbocycles. The van der Waals surface area contributed by atoms with Crippen LogP contribution in [0.2, 0.25) is 0 Å². The van der Waals surface area contributed by atoms with E-state index in [9.17, 15) is 9.59 Å². The molecule has 4 nitrogen and oxygen atoms in total. The second-order valence-electron chi connectivity index (χ2n) is 4.22. The Labute approximate surface area is 105 Å². The number of amides is 1.